The minimum atomic E-state index is 0. The van der Waals surface area contributed by atoms with E-state index >= 15 is 0 Å². The topological polar surface area (TPSA) is 88.1 Å². The molecule has 3 rings (SSSR count). The zero-order valence-corrected chi connectivity index (χ0v) is 13.2. The summed E-state index contributed by atoms with van der Waals surface area (Å²) in [5, 5.41) is 8.45. The summed E-state index contributed by atoms with van der Waals surface area (Å²) in [4.78, 5) is 10.9. The highest BCUT2D eigenvalue weighted by atomic mass is 16.5. The lowest BCUT2D eigenvalue weighted by Crippen LogP contribution is -2.30. The smallest absolute Gasteiger partial charge is 0.132 e. The molecular formula is C17H23N5O. The number of nitrogens with one attached hydrogen (secondary N) is 1. The standard InChI is InChI=1S/C17H21N5O.H2/c1-23-12-5-6-14(18)13(9-12)17(19)15-10-16(21-11-20-15)22-7-3-2-4-8-22;/h5-6,9-11,19H,2-4,7-8,18H2,1H3;1H. The van der Waals surface area contributed by atoms with Gasteiger partial charge in [-0.2, -0.15) is 0 Å². The maximum Gasteiger partial charge on any atom is 0.132 e. The van der Waals surface area contributed by atoms with E-state index in [1.54, 1.807) is 25.3 Å². The van der Waals surface area contributed by atoms with E-state index in [-0.39, 0.29) is 7.14 Å². The average molecular weight is 313 g/mol. The van der Waals surface area contributed by atoms with E-state index in [4.69, 9.17) is 15.9 Å². The van der Waals surface area contributed by atoms with Crippen LogP contribution in [0.15, 0.2) is 30.6 Å². The summed E-state index contributed by atoms with van der Waals surface area (Å²) in [5.41, 5.74) is 8.02. The van der Waals surface area contributed by atoms with Crippen molar-refractivity contribution in [1.82, 2.24) is 9.97 Å². The van der Waals surface area contributed by atoms with Crippen LogP contribution in [0.4, 0.5) is 11.5 Å². The van der Waals surface area contributed by atoms with Gasteiger partial charge in [0.1, 0.15) is 17.9 Å². The third kappa shape index (κ3) is 3.26. The highest BCUT2D eigenvalue weighted by Gasteiger charge is 2.16. The SMILES string of the molecule is COc1ccc(N)c(C(=N)c2cc(N3CCCCC3)ncn2)c1.[HH]. The van der Waals surface area contributed by atoms with Crippen molar-refractivity contribution < 1.29 is 6.16 Å². The normalized spacial score (nSPS) is 14.6. The van der Waals surface area contributed by atoms with E-state index in [9.17, 15) is 0 Å². The van der Waals surface area contributed by atoms with Gasteiger partial charge in [-0.1, -0.05) is 0 Å². The molecule has 0 unspecified atom stereocenters. The Labute approximate surface area is 137 Å². The van der Waals surface area contributed by atoms with Gasteiger partial charge < -0.3 is 15.4 Å². The van der Waals surface area contributed by atoms with Gasteiger partial charge >= 0.3 is 0 Å². The van der Waals surface area contributed by atoms with Crippen LogP contribution in [0.3, 0.4) is 0 Å². The number of nitrogens with two attached hydrogens (primary N) is 1. The van der Waals surface area contributed by atoms with Crippen molar-refractivity contribution in [3.63, 3.8) is 0 Å². The molecule has 0 radical (unpaired) electrons. The van der Waals surface area contributed by atoms with Crippen LogP contribution in [-0.4, -0.2) is 35.9 Å². The van der Waals surface area contributed by atoms with Crippen LogP contribution < -0.4 is 15.4 Å². The summed E-state index contributed by atoms with van der Waals surface area (Å²) in [6.07, 6.45) is 5.15. The van der Waals surface area contributed by atoms with Gasteiger partial charge in [0.25, 0.3) is 0 Å². The summed E-state index contributed by atoms with van der Waals surface area (Å²) in [6.45, 7) is 2.01. The van der Waals surface area contributed by atoms with Crippen LogP contribution in [-0.2, 0) is 0 Å². The molecule has 0 saturated carbocycles. The lowest BCUT2D eigenvalue weighted by Gasteiger charge is -2.27. The number of methoxy groups -OCH3 is 1. The molecule has 0 bridgehead atoms. The number of hydrogen-bond acceptors (Lipinski definition) is 6. The second-order valence-corrected chi connectivity index (χ2v) is 5.64. The van der Waals surface area contributed by atoms with E-state index in [0.717, 1.165) is 18.9 Å². The Hall–Kier alpha value is -2.63. The largest absolute Gasteiger partial charge is 0.497 e. The van der Waals surface area contributed by atoms with E-state index in [2.05, 4.69) is 14.9 Å². The van der Waals surface area contributed by atoms with Gasteiger partial charge in [0.15, 0.2) is 0 Å². The number of nitrogens with zero attached hydrogens (tertiary/aromatic N) is 3. The number of ether oxygens (including phenoxy) is 1. The van der Waals surface area contributed by atoms with Crippen LogP contribution in [0.25, 0.3) is 0 Å². The molecule has 2 aromatic rings. The maximum atomic E-state index is 8.45. The Morgan fingerprint density at radius 3 is 2.74 bits per heavy atom. The van der Waals surface area contributed by atoms with E-state index in [1.807, 2.05) is 6.07 Å². The number of hydrogen-bond donors (Lipinski definition) is 2. The molecule has 122 valence electrons. The third-order valence-corrected chi connectivity index (χ3v) is 4.12. The molecule has 3 N–H and O–H groups in total. The van der Waals surface area contributed by atoms with Gasteiger partial charge in [-0.05, 0) is 37.5 Å². The molecule has 0 spiro atoms. The zero-order chi connectivity index (χ0) is 16.2. The number of rotatable bonds is 4. The van der Waals surface area contributed by atoms with Crippen molar-refractivity contribution >= 4 is 17.2 Å². The number of piperidine rings is 1. The Morgan fingerprint density at radius 1 is 1.22 bits per heavy atom. The summed E-state index contributed by atoms with van der Waals surface area (Å²) in [5.74, 6) is 1.55. The van der Waals surface area contributed by atoms with Crippen LogP contribution in [0.1, 0.15) is 31.9 Å². The predicted octanol–water partition coefficient (Wildman–Crippen LogP) is 2.72. The Balaban J connectivity index is 0.00000208. The molecule has 2 heterocycles. The Kier molecular flexibility index (Phi) is 4.41. The summed E-state index contributed by atoms with van der Waals surface area (Å²) >= 11 is 0. The number of aromatic nitrogens is 2. The lowest BCUT2D eigenvalue weighted by atomic mass is 10.0. The highest BCUT2D eigenvalue weighted by Crippen LogP contribution is 2.23. The molecule has 0 atom stereocenters. The Morgan fingerprint density at radius 2 is 2.00 bits per heavy atom. The summed E-state index contributed by atoms with van der Waals surface area (Å²) in [6, 6.07) is 7.16. The van der Waals surface area contributed by atoms with Crippen molar-refractivity contribution in [3.8, 4) is 5.75 Å². The third-order valence-electron chi connectivity index (χ3n) is 4.12. The van der Waals surface area contributed by atoms with Crippen molar-refractivity contribution in [3.05, 3.63) is 41.9 Å². The molecule has 23 heavy (non-hydrogen) atoms. The Bertz CT molecular complexity index is 716. The zero-order valence-electron chi connectivity index (χ0n) is 13.2. The second kappa shape index (κ2) is 6.64. The minimum absolute atomic E-state index is 0. The van der Waals surface area contributed by atoms with Crippen LogP contribution in [0, 0.1) is 5.41 Å². The van der Waals surface area contributed by atoms with Gasteiger partial charge in [-0.15, -0.1) is 0 Å². The van der Waals surface area contributed by atoms with Crippen LogP contribution in [0.2, 0.25) is 0 Å². The first-order valence-electron chi connectivity index (χ1n) is 7.79. The van der Waals surface area contributed by atoms with Gasteiger partial charge in [-0.25, -0.2) is 9.97 Å². The van der Waals surface area contributed by atoms with Crippen molar-refractivity contribution in [1.29, 1.82) is 5.41 Å². The first-order chi connectivity index (χ1) is 11.2. The average Bonchev–Trinajstić information content (AvgIpc) is 2.62. The predicted molar refractivity (Wildman–Crippen MR) is 93.5 cm³/mol. The summed E-state index contributed by atoms with van der Waals surface area (Å²) in [7, 11) is 1.60. The molecule has 1 aliphatic rings. The minimum Gasteiger partial charge on any atom is -0.497 e. The quantitative estimate of drug-likeness (QED) is 0.669. The monoisotopic (exact) mass is 313 g/mol. The van der Waals surface area contributed by atoms with E-state index < -0.39 is 0 Å². The molecule has 1 fully saturated rings. The van der Waals surface area contributed by atoms with E-state index in [0.29, 0.717) is 22.7 Å². The fourth-order valence-corrected chi connectivity index (χ4v) is 2.80. The first-order valence-corrected chi connectivity index (χ1v) is 7.79. The highest BCUT2D eigenvalue weighted by molar-refractivity contribution is 6.13. The molecule has 0 aliphatic carbocycles. The van der Waals surface area contributed by atoms with Crippen molar-refractivity contribution in [2.24, 2.45) is 0 Å². The van der Waals surface area contributed by atoms with Crippen LogP contribution in [0.5, 0.6) is 5.75 Å². The molecule has 0 amide bonds. The fraction of sp³-hybridized carbons (Fsp3) is 0.353. The molecule has 1 aromatic heterocycles. The van der Waals surface area contributed by atoms with Gasteiger partial charge in [0.2, 0.25) is 0 Å². The number of anilines is 2. The molecule has 1 saturated heterocycles. The number of nitrogen functional groups attached to an aromatic ring is 1. The van der Waals surface area contributed by atoms with Crippen molar-refractivity contribution in [2.75, 3.05) is 30.8 Å². The molecular weight excluding hydrogens is 290 g/mol. The first kappa shape index (κ1) is 15.3. The second-order valence-electron chi connectivity index (χ2n) is 5.64. The molecule has 1 aromatic carbocycles. The maximum absolute atomic E-state index is 8.45. The van der Waals surface area contributed by atoms with Gasteiger partial charge in [0, 0.05) is 31.8 Å². The summed E-state index contributed by atoms with van der Waals surface area (Å²) < 4.78 is 5.22. The fourth-order valence-electron chi connectivity index (χ4n) is 2.80. The molecule has 6 heteroatoms. The molecule has 1 aliphatic heterocycles. The van der Waals surface area contributed by atoms with Crippen LogP contribution >= 0.6 is 0 Å². The van der Waals surface area contributed by atoms with E-state index in [1.165, 1.54) is 25.6 Å². The molecule has 6 nitrogen and oxygen atoms in total. The number of benzene rings is 1. The van der Waals surface area contributed by atoms with Gasteiger partial charge in [0.05, 0.1) is 18.5 Å². The van der Waals surface area contributed by atoms with Gasteiger partial charge in [-0.3, -0.25) is 5.41 Å². The lowest BCUT2D eigenvalue weighted by molar-refractivity contribution is 0.415. The van der Waals surface area contributed by atoms with Crippen molar-refractivity contribution in [2.45, 2.75) is 19.3 Å².